The number of rotatable bonds is 4. The van der Waals surface area contributed by atoms with Crippen molar-refractivity contribution in [3.63, 3.8) is 0 Å². The molecule has 0 aliphatic rings. The quantitative estimate of drug-likeness (QED) is 0.659. The molecule has 0 atom stereocenters. The molecule has 3 nitrogen and oxygen atoms in total. The van der Waals surface area contributed by atoms with Crippen LogP contribution in [0.3, 0.4) is 0 Å². The van der Waals surface area contributed by atoms with Crippen molar-refractivity contribution in [2.75, 3.05) is 0 Å². The Morgan fingerprint density at radius 3 is 2.63 bits per heavy atom. The molecule has 0 heterocycles. The van der Waals surface area contributed by atoms with Crippen LogP contribution in [-0.4, -0.2) is 5.84 Å². The average Bonchev–Trinajstić information content (AvgIpc) is 2.39. The Labute approximate surface area is 121 Å². The van der Waals surface area contributed by atoms with Crippen molar-refractivity contribution in [1.29, 1.82) is 5.41 Å². The molecule has 0 aliphatic heterocycles. The molecule has 0 radical (unpaired) electrons. The number of amidine groups is 1. The number of hydrogen-bond acceptors (Lipinski definition) is 2. The third-order valence-electron chi connectivity index (χ3n) is 2.81. The molecule has 4 heteroatoms. The van der Waals surface area contributed by atoms with Crippen molar-refractivity contribution in [3.05, 3.63) is 58.1 Å². The highest BCUT2D eigenvalue weighted by Crippen LogP contribution is 2.30. The van der Waals surface area contributed by atoms with E-state index in [9.17, 15) is 0 Å². The summed E-state index contributed by atoms with van der Waals surface area (Å²) >= 11 is 3.40. The normalized spacial score (nSPS) is 10.2. The van der Waals surface area contributed by atoms with Crippen LogP contribution in [0, 0.1) is 5.41 Å². The van der Waals surface area contributed by atoms with Gasteiger partial charge in [0.1, 0.15) is 17.3 Å². The van der Waals surface area contributed by atoms with Crippen LogP contribution < -0.4 is 10.5 Å². The number of ether oxygens (including phenoxy) is 1. The standard InChI is InChI=1S/C15H15BrN2O/c1-2-10-5-3-4-6-13(10)19-14-9-11(16)7-8-12(14)15(17)18/h3-9H,2H2,1H3,(H3,17,18). The molecule has 98 valence electrons. The Balaban J connectivity index is 2.42. The van der Waals surface area contributed by atoms with E-state index in [4.69, 9.17) is 15.9 Å². The fourth-order valence-electron chi connectivity index (χ4n) is 1.82. The molecule has 3 N–H and O–H groups in total. The summed E-state index contributed by atoms with van der Waals surface area (Å²) in [7, 11) is 0. The molecule has 0 amide bonds. The number of hydrogen-bond donors (Lipinski definition) is 2. The summed E-state index contributed by atoms with van der Waals surface area (Å²) in [5.41, 5.74) is 7.29. The first-order valence-corrected chi connectivity index (χ1v) is 6.80. The Morgan fingerprint density at radius 1 is 1.21 bits per heavy atom. The van der Waals surface area contributed by atoms with Crippen molar-refractivity contribution < 1.29 is 4.74 Å². The Bertz CT molecular complexity index is 611. The second-order valence-electron chi connectivity index (χ2n) is 4.12. The van der Waals surface area contributed by atoms with E-state index in [2.05, 4.69) is 22.9 Å². The van der Waals surface area contributed by atoms with Gasteiger partial charge in [-0.1, -0.05) is 41.1 Å². The topological polar surface area (TPSA) is 59.1 Å². The van der Waals surface area contributed by atoms with Crippen molar-refractivity contribution in [2.45, 2.75) is 13.3 Å². The summed E-state index contributed by atoms with van der Waals surface area (Å²) in [4.78, 5) is 0. The van der Waals surface area contributed by atoms with Gasteiger partial charge in [0.05, 0.1) is 5.56 Å². The molecule has 0 saturated heterocycles. The van der Waals surface area contributed by atoms with E-state index in [0.29, 0.717) is 11.3 Å². The zero-order valence-corrected chi connectivity index (χ0v) is 12.2. The predicted molar refractivity (Wildman–Crippen MR) is 81.1 cm³/mol. The van der Waals surface area contributed by atoms with Gasteiger partial charge in [0.2, 0.25) is 0 Å². The van der Waals surface area contributed by atoms with E-state index in [1.54, 1.807) is 6.07 Å². The lowest BCUT2D eigenvalue weighted by Crippen LogP contribution is -2.12. The fourth-order valence-corrected chi connectivity index (χ4v) is 2.16. The third kappa shape index (κ3) is 3.15. The molecule has 0 saturated carbocycles. The smallest absolute Gasteiger partial charge is 0.139 e. The number of benzene rings is 2. The van der Waals surface area contributed by atoms with Gasteiger partial charge in [0.15, 0.2) is 0 Å². The molecule has 2 rings (SSSR count). The fraction of sp³-hybridized carbons (Fsp3) is 0.133. The molecule has 0 unspecified atom stereocenters. The van der Waals surface area contributed by atoms with E-state index < -0.39 is 0 Å². The highest BCUT2D eigenvalue weighted by Gasteiger charge is 2.10. The summed E-state index contributed by atoms with van der Waals surface area (Å²) in [5.74, 6) is 1.38. The predicted octanol–water partition coefficient (Wildman–Crippen LogP) is 4.09. The third-order valence-corrected chi connectivity index (χ3v) is 3.30. The molecule has 0 bridgehead atoms. The monoisotopic (exact) mass is 318 g/mol. The molecule has 0 spiro atoms. The lowest BCUT2D eigenvalue weighted by atomic mass is 10.1. The maximum atomic E-state index is 7.59. The summed E-state index contributed by atoms with van der Waals surface area (Å²) in [5, 5.41) is 7.59. The van der Waals surface area contributed by atoms with Crippen molar-refractivity contribution >= 4 is 21.8 Å². The van der Waals surface area contributed by atoms with Crippen LogP contribution in [0.25, 0.3) is 0 Å². The van der Waals surface area contributed by atoms with E-state index in [1.165, 1.54) is 0 Å². The van der Waals surface area contributed by atoms with Crippen LogP contribution in [0.5, 0.6) is 11.5 Å². The van der Waals surface area contributed by atoms with Crippen LogP contribution in [0.2, 0.25) is 0 Å². The summed E-state index contributed by atoms with van der Waals surface area (Å²) < 4.78 is 6.81. The van der Waals surface area contributed by atoms with E-state index >= 15 is 0 Å². The van der Waals surface area contributed by atoms with Gasteiger partial charge in [-0.2, -0.15) is 0 Å². The van der Waals surface area contributed by atoms with Gasteiger partial charge in [0.25, 0.3) is 0 Å². The number of aryl methyl sites for hydroxylation is 1. The number of halogens is 1. The van der Waals surface area contributed by atoms with Crippen LogP contribution in [0.15, 0.2) is 46.9 Å². The first-order chi connectivity index (χ1) is 9.11. The molecule has 2 aromatic rings. The van der Waals surface area contributed by atoms with Crippen molar-refractivity contribution in [2.24, 2.45) is 5.73 Å². The van der Waals surface area contributed by atoms with Crippen LogP contribution >= 0.6 is 15.9 Å². The lowest BCUT2D eigenvalue weighted by molar-refractivity contribution is 0.475. The summed E-state index contributed by atoms with van der Waals surface area (Å²) in [6.45, 7) is 2.08. The molecule has 19 heavy (non-hydrogen) atoms. The van der Waals surface area contributed by atoms with E-state index in [0.717, 1.165) is 22.2 Å². The molecule has 0 aromatic heterocycles. The van der Waals surface area contributed by atoms with Crippen molar-refractivity contribution in [3.8, 4) is 11.5 Å². The Morgan fingerprint density at radius 2 is 1.95 bits per heavy atom. The summed E-state index contributed by atoms with van der Waals surface area (Å²) in [6.07, 6.45) is 0.888. The zero-order valence-electron chi connectivity index (χ0n) is 10.6. The highest BCUT2D eigenvalue weighted by molar-refractivity contribution is 9.10. The van der Waals surface area contributed by atoms with E-state index in [1.807, 2.05) is 36.4 Å². The van der Waals surface area contributed by atoms with Gasteiger partial charge in [-0.05, 0) is 36.2 Å². The first-order valence-electron chi connectivity index (χ1n) is 6.01. The largest absolute Gasteiger partial charge is 0.456 e. The van der Waals surface area contributed by atoms with E-state index in [-0.39, 0.29) is 5.84 Å². The molecular formula is C15H15BrN2O. The minimum atomic E-state index is -0.00326. The maximum absolute atomic E-state index is 7.59. The average molecular weight is 319 g/mol. The Kier molecular flexibility index (Phi) is 4.22. The first kappa shape index (κ1) is 13.6. The highest BCUT2D eigenvalue weighted by atomic mass is 79.9. The second-order valence-corrected chi connectivity index (χ2v) is 5.03. The van der Waals surface area contributed by atoms with Gasteiger partial charge in [-0.15, -0.1) is 0 Å². The minimum absolute atomic E-state index is 0.00326. The number of nitrogens with one attached hydrogen (secondary N) is 1. The SMILES string of the molecule is CCc1ccccc1Oc1cc(Br)ccc1C(=N)N. The van der Waals surface area contributed by atoms with Gasteiger partial charge in [-0.25, -0.2) is 0 Å². The van der Waals surface area contributed by atoms with Gasteiger partial charge >= 0.3 is 0 Å². The minimum Gasteiger partial charge on any atom is -0.456 e. The van der Waals surface area contributed by atoms with Crippen LogP contribution in [0.4, 0.5) is 0 Å². The van der Waals surface area contributed by atoms with Gasteiger partial charge < -0.3 is 10.5 Å². The summed E-state index contributed by atoms with van der Waals surface area (Å²) in [6, 6.07) is 13.3. The molecule has 0 fully saturated rings. The van der Waals surface area contributed by atoms with Crippen LogP contribution in [0.1, 0.15) is 18.1 Å². The molecule has 2 aromatic carbocycles. The molecular weight excluding hydrogens is 304 g/mol. The Hall–Kier alpha value is -1.81. The number of nitrogens with two attached hydrogens (primary N) is 1. The number of nitrogen functional groups attached to an aromatic ring is 1. The van der Waals surface area contributed by atoms with Gasteiger partial charge in [0, 0.05) is 4.47 Å². The zero-order chi connectivity index (χ0) is 13.8. The van der Waals surface area contributed by atoms with Crippen molar-refractivity contribution in [1.82, 2.24) is 0 Å². The maximum Gasteiger partial charge on any atom is 0.139 e. The second kappa shape index (κ2) is 5.89. The van der Waals surface area contributed by atoms with Gasteiger partial charge in [-0.3, -0.25) is 5.41 Å². The lowest BCUT2D eigenvalue weighted by Gasteiger charge is -2.13. The van der Waals surface area contributed by atoms with Crippen LogP contribution in [-0.2, 0) is 6.42 Å². The number of para-hydroxylation sites is 1. The molecule has 0 aliphatic carbocycles.